The molecule has 3 aromatic heterocycles. The molecule has 0 amide bonds. The zero-order valence-corrected chi connectivity index (χ0v) is 21.3. The van der Waals surface area contributed by atoms with Gasteiger partial charge in [0.2, 0.25) is 5.95 Å². The maximum absolute atomic E-state index is 5.32. The minimum absolute atomic E-state index is 0.742. The highest BCUT2D eigenvalue weighted by atomic mass is 15.3. The van der Waals surface area contributed by atoms with Gasteiger partial charge in [0.25, 0.3) is 0 Å². The molecule has 0 radical (unpaired) electrons. The Kier molecular flexibility index (Phi) is 5.80. The summed E-state index contributed by atoms with van der Waals surface area (Å²) in [5.74, 6) is 0.776. The largest absolute Gasteiger partial charge is 0.361 e. The van der Waals surface area contributed by atoms with Crippen LogP contribution in [0.1, 0.15) is 48.7 Å². The molecule has 0 spiro atoms. The Bertz CT molecular complexity index is 1510. The summed E-state index contributed by atoms with van der Waals surface area (Å²) < 4.78 is 2.26. The second-order valence-corrected chi connectivity index (χ2v) is 9.43. The molecule has 182 valence electrons. The lowest BCUT2D eigenvalue weighted by Gasteiger charge is -2.27. The number of nitrogens with one attached hydrogen (secondary N) is 1. The Morgan fingerprint density at radius 1 is 0.861 bits per heavy atom. The van der Waals surface area contributed by atoms with Gasteiger partial charge in [-0.2, -0.15) is 5.10 Å². The molecule has 4 heterocycles. The molecule has 6 heteroatoms. The fourth-order valence-corrected chi connectivity index (χ4v) is 5.64. The standard InChI is InChI=1S/C30H32N6/c1-4-20-11-12-24(23-13-17-31-27(20)23)29-25-19-35(30-32-15-8-16-33-30)18-14-26(25)34-36(29)28-21(5-2)9-7-10-22(28)6-3/h7-13,15-17,31H,4-6,14,18-19H2,1-3H3. The highest BCUT2D eigenvalue weighted by Gasteiger charge is 2.29. The molecule has 0 bridgehead atoms. The van der Waals surface area contributed by atoms with Crippen molar-refractivity contribution in [1.29, 1.82) is 0 Å². The van der Waals surface area contributed by atoms with Crippen LogP contribution in [-0.2, 0) is 32.2 Å². The van der Waals surface area contributed by atoms with E-state index < -0.39 is 0 Å². The van der Waals surface area contributed by atoms with E-state index in [4.69, 9.17) is 5.10 Å². The van der Waals surface area contributed by atoms with Gasteiger partial charge in [-0.05, 0) is 48.1 Å². The number of nitrogens with zero attached hydrogens (tertiary/aromatic N) is 5. The third kappa shape index (κ3) is 3.60. The zero-order valence-electron chi connectivity index (χ0n) is 21.3. The van der Waals surface area contributed by atoms with Crippen molar-refractivity contribution < 1.29 is 0 Å². The van der Waals surface area contributed by atoms with Crippen LogP contribution in [-0.4, -0.2) is 31.3 Å². The molecule has 0 atom stereocenters. The van der Waals surface area contributed by atoms with Crippen molar-refractivity contribution in [1.82, 2.24) is 24.7 Å². The van der Waals surface area contributed by atoms with Crippen LogP contribution in [0.3, 0.4) is 0 Å². The highest BCUT2D eigenvalue weighted by molar-refractivity contribution is 5.97. The molecule has 0 aliphatic carbocycles. The summed E-state index contributed by atoms with van der Waals surface area (Å²) in [4.78, 5) is 14.9. The van der Waals surface area contributed by atoms with Gasteiger partial charge in [0.1, 0.15) is 0 Å². The van der Waals surface area contributed by atoms with E-state index >= 15 is 0 Å². The maximum Gasteiger partial charge on any atom is 0.225 e. The second-order valence-electron chi connectivity index (χ2n) is 9.43. The summed E-state index contributed by atoms with van der Waals surface area (Å²) in [6.45, 7) is 8.28. The first-order chi connectivity index (χ1) is 17.7. The first kappa shape index (κ1) is 22.5. The van der Waals surface area contributed by atoms with Crippen LogP contribution in [0.2, 0.25) is 0 Å². The SMILES string of the molecule is CCc1cccc(CC)c1-n1nc2c(c1-c1ccc(CC)c3[nH]ccc13)CN(c1ncccn1)CC2. The molecule has 0 saturated heterocycles. The molecule has 0 saturated carbocycles. The summed E-state index contributed by atoms with van der Waals surface area (Å²) >= 11 is 0. The van der Waals surface area contributed by atoms with E-state index in [1.807, 2.05) is 18.5 Å². The van der Waals surface area contributed by atoms with E-state index in [0.29, 0.717) is 0 Å². The van der Waals surface area contributed by atoms with Gasteiger partial charge in [0, 0.05) is 60.1 Å². The summed E-state index contributed by atoms with van der Waals surface area (Å²) in [6, 6.07) is 15.3. The van der Waals surface area contributed by atoms with Crippen LogP contribution >= 0.6 is 0 Å². The molecule has 6 nitrogen and oxygen atoms in total. The Hall–Kier alpha value is -3.93. The minimum atomic E-state index is 0.742. The number of aryl methyl sites for hydroxylation is 3. The molecular weight excluding hydrogens is 444 g/mol. The van der Waals surface area contributed by atoms with Crippen molar-refractivity contribution in [3.63, 3.8) is 0 Å². The molecule has 1 aliphatic heterocycles. The van der Waals surface area contributed by atoms with Gasteiger partial charge >= 0.3 is 0 Å². The predicted molar refractivity (Wildman–Crippen MR) is 146 cm³/mol. The lowest BCUT2D eigenvalue weighted by molar-refractivity contribution is 0.694. The van der Waals surface area contributed by atoms with Gasteiger partial charge in [-0.3, -0.25) is 0 Å². The Morgan fingerprint density at radius 3 is 2.33 bits per heavy atom. The Labute approximate surface area is 212 Å². The lowest BCUT2D eigenvalue weighted by Crippen LogP contribution is -2.31. The summed E-state index contributed by atoms with van der Waals surface area (Å²) in [5.41, 5.74) is 11.3. The average molecular weight is 477 g/mol. The lowest BCUT2D eigenvalue weighted by atomic mass is 9.95. The molecule has 6 rings (SSSR count). The van der Waals surface area contributed by atoms with Crippen LogP contribution in [0.15, 0.2) is 61.1 Å². The summed E-state index contributed by atoms with van der Waals surface area (Å²) in [6.07, 6.45) is 9.48. The number of fused-ring (bicyclic) bond motifs is 2. The smallest absolute Gasteiger partial charge is 0.225 e. The van der Waals surface area contributed by atoms with Crippen LogP contribution in [0.5, 0.6) is 0 Å². The third-order valence-electron chi connectivity index (χ3n) is 7.49. The molecule has 0 unspecified atom stereocenters. The fraction of sp³-hybridized carbons (Fsp3) is 0.300. The van der Waals surface area contributed by atoms with E-state index in [2.05, 4.69) is 87.9 Å². The number of hydrogen-bond donors (Lipinski definition) is 1. The number of benzene rings is 2. The molecule has 0 fully saturated rings. The van der Waals surface area contributed by atoms with E-state index in [-0.39, 0.29) is 0 Å². The van der Waals surface area contributed by atoms with Crippen molar-refractivity contribution in [2.45, 2.75) is 53.0 Å². The average Bonchev–Trinajstić information content (AvgIpc) is 3.57. The van der Waals surface area contributed by atoms with Gasteiger partial charge in [0.05, 0.1) is 17.1 Å². The summed E-state index contributed by atoms with van der Waals surface area (Å²) in [5, 5.41) is 6.56. The number of aromatic nitrogens is 5. The first-order valence-corrected chi connectivity index (χ1v) is 13.1. The van der Waals surface area contributed by atoms with Gasteiger partial charge in [0.15, 0.2) is 0 Å². The van der Waals surface area contributed by atoms with Crippen molar-refractivity contribution in [2.24, 2.45) is 0 Å². The number of H-pyrrole nitrogens is 1. The minimum Gasteiger partial charge on any atom is -0.361 e. The normalized spacial score (nSPS) is 13.4. The Balaban J connectivity index is 1.63. The maximum atomic E-state index is 5.32. The van der Waals surface area contributed by atoms with Crippen molar-refractivity contribution in [3.05, 3.63) is 89.0 Å². The second kappa shape index (κ2) is 9.26. The topological polar surface area (TPSA) is 62.6 Å². The molecule has 1 N–H and O–H groups in total. The first-order valence-electron chi connectivity index (χ1n) is 13.1. The predicted octanol–water partition coefficient (Wildman–Crippen LogP) is 6.06. The van der Waals surface area contributed by atoms with Crippen LogP contribution in [0.25, 0.3) is 27.8 Å². The van der Waals surface area contributed by atoms with Crippen molar-refractivity contribution in [2.75, 3.05) is 11.4 Å². The van der Waals surface area contributed by atoms with Gasteiger partial charge in [-0.25, -0.2) is 14.6 Å². The quantitative estimate of drug-likeness (QED) is 0.324. The Morgan fingerprint density at radius 2 is 1.61 bits per heavy atom. The van der Waals surface area contributed by atoms with E-state index in [9.17, 15) is 0 Å². The molecule has 2 aromatic carbocycles. The van der Waals surface area contributed by atoms with Crippen LogP contribution in [0.4, 0.5) is 5.95 Å². The highest BCUT2D eigenvalue weighted by Crippen LogP contribution is 2.39. The zero-order chi connectivity index (χ0) is 24.6. The number of aromatic amines is 1. The monoisotopic (exact) mass is 476 g/mol. The molecule has 5 aromatic rings. The molecule has 36 heavy (non-hydrogen) atoms. The molecule has 1 aliphatic rings. The van der Waals surface area contributed by atoms with Gasteiger partial charge < -0.3 is 9.88 Å². The van der Waals surface area contributed by atoms with E-state index in [0.717, 1.165) is 44.7 Å². The van der Waals surface area contributed by atoms with Crippen molar-refractivity contribution in [3.8, 4) is 16.9 Å². The number of anilines is 1. The van der Waals surface area contributed by atoms with E-state index in [1.54, 1.807) is 0 Å². The summed E-state index contributed by atoms with van der Waals surface area (Å²) in [7, 11) is 0. The van der Waals surface area contributed by atoms with Gasteiger partial charge in [-0.1, -0.05) is 51.1 Å². The number of rotatable bonds is 6. The number of hydrogen-bond acceptors (Lipinski definition) is 4. The molecular formula is C30H32N6. The van der Waals surface area contributed by atoms with Crippen molar-refractivity contribution >= 4 is 16.9 Å². The fourth-order valence-electron chi connectivity index (χ4n) is 5.64. The third-order valence-corrected chi connectivity index (χ3v) is 7.49. The van der Waals surface area contributed by atoms with Gasteiger partial charge in [-0.15, -0.1) is 0 Å². The van der Waals surface area contributed by atoms with Crippen LogP contribution in [0, 0.1) is 0 Å². The van der Waals surface area contributed by atoms with Crippen LogP contribution < -0.4 is 4.90 Å². The van der Waals surface area contributed by atoms with E-state index in [1.165, 1.54) is 55.8 Å². The number of para-hydroxylation sites is 1.